The summed E-state index contributed by atoms with van der Waals surface area (Å²) >= 11 is 7.62. The number of rotatable bonds is 4. The molecule has 1 aliphatic heterocycles. The van der Waals surface area contributed by atoms with Crippen LogP contribution in [0.25, 0.3) is 5.57 Å². The lowest BCUT2D eigenvalue weighted by molar-refractivity contribution is 0.317. The molecule has 2 aromatic rings. The van der Waals surface area contributed by atoms with E-state index in [9.17, 15) is 0 Å². The zero-order valence-corrected chi connectivity index (χ0v) is 19.6. The summed E-state index contributed by atoms with van der Waals surface area (Å²) in [5.74, 6) is 0.582. The summed E-state index contributed by atoms with van der Waals surface area (Å²) in [6.45, 7) is 8.97. The minimum absolute atomic E-state index is 0.582. The monoisotopic (exact) mass is 441 g/mol. The molecule has 0 bridgehead atoms. The van der Waals surface area contributed by atoms with Crippen LogP contribution in [-0.2, 0) is 13.0 Å². The highest BCUT2D eigenvalue weighted by molar-refractivity contribution is 7.16. The van der Waals surface area contributed by atoms with E-state index < -0.39 is 0 Å². The second-order valence-corrected chi connectivity index (χ2v) is 9.12. The minimum Gasteiger partial charge on any atom is -0.401 e. The molecule has 160 valence electrons. The van der Waals surface area contributed by atoms with Crippen molar-refractivity contribution < 1.29 is 0 Å². The number of aliphatic imine (C=N–C) groups is 1. The number of halogens is 1. The van der Waals surface area contributed by atoms with Crippen LogP contribution in [0.2, 0.25) is 4.34 Å². The number of thiophene rings is 1. The molecule has 1 aliphatic carbocycles. The molecular weight excluding hydrogens is 410 g/mol. The van der Waals surface area contributed by atoms with E-state index in [0.717, 1.165) is 34.1 Å². The summed E-state index contributed by atoms with van der Waals surface area (Å²) in [5, 5.41) is 0. The molecule has 0 saturated heterocycles. The smallest absolute Gasteiger partial charge is 0.0934 e. The minimum atomic E-state index is 0.582. The van der Waals surface area contributed by atoms with Gasteiger partial charge >= 0.3 is 0 Å². The normalized spacial score (nSPS) is 16.4. The third kappa shape index (κ3) is 7.60. The third-order valence-electron chi connectivity index (χ3n) is 4.88. The maximum absolute atomic E-state index is 6.13. The number of hydrogen-bond acceptors (Lipinski definition) is 4. The van der Waals surface area contributed by atoms with Gasteiger partial charge in [0.25, 0.3) is 0 Å². The molecule has 1 aromatic heterocycles. The molecule has 2 heterocycles. The van der Waals surface area contributed by atoms with E-state index in [1.807, 2.05) is 24.4 Å². The second kappa shape index (κ2) is 12.5. The Kier molecular flexibility index (Phi) is 10.1. The molecule has 0 amide bonds. The van der Waals surface area contributed by atoms with Gasteiger partial charge in [-0.05, 0) is 49.4 Å². The molecule has 2 aliphatic rings. The van der Waals surface area contributed by atoms with Crippen LogP contribution in [-0.4, -0.2) is 31.8 Å². The predicted octanol–water partition coefficient (Wildman–Crippen LogP) is 6.21. The van der Waals surface area contributed by atoms with E-state index in [0.29, 0.717) is 5.92 Å². The van der Waals surface area contributed by atoms with Crippen LogP contribution in [0, 0.1) is 5.92 Å². The molecule has 5 heteroatoms. The number of nitrogens with two attached hydrogens (primary N) is 1. The molecule has 0 spiro atoms. The predicted molar refractivity (Wildman–Crippen MR) is 134 cm³/mol. The highest BCUT2D eigenvalue weighted by Gasteiger charge is 2.26. The molecule has 1 saturated carbocycles. The van der Waals surface area contributed by atoms with Gasteiger partial charge in [0.05, 0.1) is 4.34 Å². The highest BCUT2D eigenvalue weighted by atomic mass is 35.5. The summed E-state index contributed by atoms with van der Waals surface area (Å²) in [5.41, 5.74) is 10.8. The van der Waals surface area contributed by atoms with Gasteiger partial charge in [0.2, 0.25) is 0 Å². The van der Waals surface area contributed by atoms with Crippen molar-refractivity contribution >= 4 is 34.7 Å². The van der Waals surface area contributed by atoms with Crippen molar-refractivity contribution in [3.8, 4) is 0 Å². The van der Waals surface area contributed by atoms with Crippen LogP contribution >= 0.6 is 22.9 Å². The highest BCUT2D eigenvalue weighted by Crippen LogP contribution is 2.37. The van der Waals surface area contributed by atoms with Gasteiger partial charge in [-0.25, -0.2) is 0 Å². The molecule has 4 rings (SSSR count). The zero-order chi connectivity index (χ0) is 21.9. The van der Waals surface area contributed by atoms with Gasteiger partial charge in [0, 0.05) is 42.5 Å². The Morgan fingerprint density at radius 1 is 1.23 bits per heavy atom. The van der Waals surface area contributed by atoms with Crippen molar-refractivity contribution in [1.82, 2.24) is 4.90 Å². The lowest BCUT2D eigenvalue weighted by Crippen LogP contribution is -2.24. The summed E-state index contributed by atoms with van der Waals surface area (Å²) < 4.78 is 0.935. The molecule has 3 nitrogen and oxygen atoms in total. The quantitative estimate of drug-likeness (QED) is 0.452. The maximum Gasteiger partial charge on any atom is 0.0934 e. The third-order valence-corrected chi connectivity index (χ3v) is 6.17. The molecule has 1 fully saturated rings. The standard InChI is InChI=1S/C13H16N2.C8H10ClNS.C4H6/c1-15-9-12(13(14)11-7-8-11)10-5-3-2-4-6-10;1-10-3-2-6-4-8(9)11-7(6)5-10;1-3-4-2/h2-6,9,11H,7-8,14H2,1H3;4H,2-3,5H2,1H3;3-4H,1-2H2/b13-12+,15-9?;;. The number of benzene rings is 1. The lowest BCUT2D eigenvalue weighted by atomic mass is 10.0. The van der Waals surface area contributed by atoms with Crippen molar-refractivity contribution in [3.63, 3.8) is 0 Å². The van der Waals surface area contributed by atoms with Crippen LogP contribution in [0.1, 0.15) is 28.8 Å². The molecule has 0 radical (unpaired) electrons. The number of nitrogens with zero attached hydrogens (tertiary/aromatic N) is 2. The Bertz CT molecular complexity index is 873. The van der Waals surface area contributed by atoms with Gasteiger partial charge in [-0.3, -0.25) is 4.99 Å². The number of allylic oxidation sites excluding steroid dienone is 4. The SMILES string of the molecule is C=CC=C.CN1CCc2cc(Cl)sc2C1.CN=C/C(=C(\N)C1CC1)c1ccccc1. The van der Waals surface area contributed by atoms with Crippen molar-refractivity contribution in [2.75, 3.05) is 20.6 Å². The van der Waals surface area contributed by atoms with Crippen LogP contribution in [0.5, 0.6) is 0 Å². The average molecular weight is 442 g/mol. The molecule has 30 heavy (non-hydrogen) atoms. The van der Waals surface area contributed by atoms with Crippen molar-refractivity contribution in [2.45, 2.75) is 25.8 Å². The Morgan fingerprint density at radius 3 is 2.47 bits per heavy atom. The largest absolute Gasteiger partial charge is 0.401 e. The van der Waals surface area contributed by atoms with E-state index >= 15 is 0 Å². The van der Waals surface area contributed by atoms with E-state index in [1.54, 1.807) is 30.5 Å². The van der Waals surface area contributed by atoms with Crippen molar-refractivity contribution in [3.05, 3.63) is 87.7 Å². The topological polar surface area (TPSA) is 41.6 Å². The fourth-order valence-electron chi connectivity index (χ4n) is 3.09. The molecule has 2 N–H and O–H groups in total. The van der Waals surface area contributed by atoms with Crippen LogP contribution in [0.3, 0.4) is 0 Å². The number of hydrogen-bond donors (Lipinski definition) is 1. The summed E-state index contributed by atoms with van der Waals surface area (Å²) in [4.78, 5) is 7.86. The first-order valence-electron chi connectivity index (χ1n) is 10.2. The first-order chi connectivity index (χ1) is 14.5. The average Bonchev–Trinajstić information content (AvgIpc) is 3.54. The van der Waals surface area contributed by atoms with E-state index in [-0.39, 0.29) is 0 Å². The molecular formula is C25H32ClN3S. The van der Waals surface area contributed by atoms with Gasteiger partial charge in [-0.2, -0.15) is 0 Å². The Balaban J connectivity index is 0.000000187. The fourth-order valence-corrected chi connectivity index (χ4v) is 4.51. The number of fused-ring (bicyclic) bond motifs is 1. The Morgan fingerprint density at radius 2 is 1.90 bits per heavy atom. The van der Waals surface area contributed by atoms with Gasteiger partial charge < -0.3 is 10.6 Å². The second-order valence-electron chi connectivity index (χ2n) is 7.35. The van der Waals surface area contributed by atoms with Crippen LogP contribution in [0.4, 0.5) is 0 Å². The molecule has 0 atom stereocenters. The van der Waals surface area contributed by atoms with Crippen molar-refractivity contribution in [1.29, 1.82) is 0 Å². The Hall–Kier alpha value is -2.14. The maximum atomic E-state index is 6.13. The molecule has 1 aromatic carbocycles. The van der Waals surface area contributed by atoms with Gasteiger partial charge in [-0.1, -0.05) is 67.2 Å². The Labute approximate surface area is 190 Å². The van der Waals surface area contributed by atoms with Crippen LogP contribution < -0.4 is 5.73 Å². The van der Waals surface area contributed by atoms with Gasteiger partial charge in [-0.15, -0.1) is 11.3 Å². The zero-order valence-electron chi connectivity index (χ0n) is 18.0. The number of likely N-dealkylation sites (N-methyl/N-ethyl adjacent to an activating group) is 1. The van der Waals surface area contributed by atoms with Crippen molar-refractivity contribution in [2.24, 2.45) is 16.6 Å². The van der Waals surface area contributed by atoms with Gasteiger partial charge in [0.1, 0.15) is 0 Å². The summed E-state index contributed by atoms with van der Waals surface area (Å²) in [7, 11) is 3.93. The first-order valence-corrected chi connectivity index (χ1v) is 11.4. The van der Waals surface area contributed by atoms with E-state index in [4.69, 9.17) is 17.3 Å². The van der Waals surface area contributed by atoms with Crippen LogP contribution in [0.15, 0.2) is 72.4 Å². The first kappa shape index (κ1) is 24.1. The molecule has 0 unspecified atom stereocenters. The van der Waals surface area contributed by atoms with E-state index in [1.165, 1.54) is 29.8 Å². The summed E-state index contributed by atoms with van der Waals surface area (Å²) in [6.07, 6.45) is 8.75. The van der Waals surface area contributed by atoms with E-state index in [2.05, 4.69) is 48.3 Å². The summed E-state index contributed by atoms with van der Waals surface area (Å²) in [6, 6.07) is 12.3. The lowest BCUT2D eigenvalue weighted by Gasteiger charge is -2.21. The fraction of sp³-hybridized carbons (Fsp3) is 0.320. The van der Waals surface area contributed by atoms with Gasteiger partial charge in [0.15, 0.2) is 0 Å².